The van der Waals surface area contributed by atoms with Gasteiger partial charge in [0.05, 0.1) is 10.9 Å². The van der Waals surface area contributed by atoms with E-state index in [-0.39, 0.29) is 12.1 Å². The first-order valence-corrected chi connectivity index (χ1v) is 11.5. The molecule has 2 aliphatic carbocycles. The summed E-state index contributed by atoms with van der Waals surface area (Å²) in [6.07, 6.45) is 6.16. The van der Waals surface area contributed by atoms with Crippen LogP contribution in [0.1, 0.15) is 84.1 Å². The summed E-state index contributed by atoms with van der Waals surface area (Å²) in [5, 5.41) is 11.1. The van der Waals surface area contributed by atoms with Crippen molar-refractivity contribution in [1.82, 2.24) is 0 Å². The highest BCUT2D eigenvalue weighted by Crippen LogP contribution is 2.41. The van der Waals surface area contributed by atoms with E-state index in [0.717, 1.165) is 25.7 Å². The van der Waals surface area contributed by atoms with Gasteiger partial charge < -0.3 is 14.6 Å². The van der Waals surface area contributed by atoms with Crippen molar-refractivity contribution in [2.75, 3.05) is 0 Å². The van der Waals surface area contributed by atoms with E-state index in [2.05, 4.69) is 20.8 Å². The second-order valence-corrected chi connectivity index (χ2v) is 9.84. The van der Waals surface area contributed by atoms with Crippen LogP contribution >= 0.6 is 11.6 Å². The lowest BCUT2D eigenvalue weighted by Crippen LogP contribution is -2.37. The van der Waals surface area contributed by atoms with Crippen LogP contribution in [0.15, 0.2) is 18.2 Å². The van der Waals surface area contributed by atoms with Crippen LogP contribution in [-0.4, -0.2) is 23.0 Å². The number of para-hydroxylation sites is 1. The van der Waals surface area contributed by atoms with E-state index in [1.807, 2.05) is 19.1 Å². The molecule has 1 N–H and O–H groups in total. The molecule has 2 aliphatic rings. The molecule has 0 saturated heterocycles. The third-order valence-corrected chi connectivity index (χ3v) is 7.02. The van der Waals surface area contributed by atoms with Crippen LogP contribution in [0.4, 0.5) is 0 Å². The van der Waals surface area contributed by atoms with Crippen LogP contribution in [0.2, 0.25) is 5.02 Å². The van der Waals surface area contributed by atoms with E-state index in [0.29, 0.717) is 46.9 Å². The highest BCUT2D eigenvalue weighted by atomic mass is 35.5. The van der Waals surface area contributed by atoms with Crippen molar-refractivity contribution in [3.05, 3.63) is 28.8 Å². The lowest BCUT2D eigenvalue weighted by atomic mass is 9.75. The minimum absolute atomic E-state index is 0.0451. The first kappa shape index (κ1) is 22.4. The largest absolute Gasteiger partial charge is 0.462 e. The fourth-order valence-electron chi connectivity index (χ4n) is 4.82. The van der Waals surface area contributed by atoms with Crippen molar-refractivity contribution in [1.29, 1.82) is 0 Å². The Bertz CT molecular complexity index is 711. The molecule has 0 heterocycles. The zero-order valence-electron chi connectivity index (χ0n) is 18.1. The minimum Gasteiger partial charge on any atom is -0.462 e. The molecule has 4 atom stereocenters. The van der Waals surface area contributed by atoms with Gasteiger partial charge in [0.25, 0.3) is 0 Å². The van der Waals surface area contributed by atoms with Gasteiger partial charge in [-0.3, -0.25) is 4.79 Å². The molecule has 0 spiro atoms. The van der Waals surface area contributed by atoms with Gasteiger partial charge in [0.15, 0.2) is 0 Å². The maximum absolute atomic E-state index is 13.1. The fraction of sp³-hybridized carbons (Fsp3) is 0.708. The lowest BCUT2D eigenvalue weighted by Gasteiger charge is -2.37. The Morgan fingerprint density at radius 1 is 1.21 bits per heavy atom. The van der Waals surface area contributed by atoms with Crippen LogP contribution in [0.3, 0.4) is 0 Å². The summed E-state index contributed by atoms with van der Waals surface area (Å²) in [6.45, 7) is 8.47. The highest BCUT2D eigenvalue weighted by molar-refractivity contribution is 6.32. The summed E-state index contributed by atoms with van der Waals surface area (Å²) in [7, 11) is 0. The number of benzene rings is 1. The molecular weight excluding hydrogens is 388 g/mol. The number of hydrogen-bond acceptors (Lipinski definition) is 4. The summed E-state index contributed by atoms with van der Waals surface area (Å²) in [4.78, 5) is 13.1. The smallest absolute Gasteiger partial charge is 0.313 e. The SMILES string of the molecule is CC(C)[C@H]1CC[C@H](C)C[C@@H]1OC(=O)[C@H](C)c1cccc(Cl)c1OC1(O)CCCC1. The Balaban J connectivity index is 1.78. The predicted octanol–water partition coefficient (Wildman–Crippen LogP) is 6.09. The molecule has 1 aromatic carbocycles. The molecule has 3 rings (SSSR count). The van der Waals surface area contributed by atoms with Crippen molar-refractivity contribution >= 4 is 17.6 Å². The first-order chi connectivity index (χ1) is 13.7. The monoisotopic (exact) mass is 422 g/mol. The van der Waals surface area contributed by atoms with Gasteiger partial charge >= 0.3 is 5.97 Å². The molecule has 162 valence electrons. The Labute approximate surface area is 179 Å². The van der Waals surface area contributed by atoms with Crippen LogP contribution in [0.25, 0.3) is 0 Å². The van der Waals surface area contributed by atoms with E-state index in [1.165, 1.54) is 6.42 Å². The zero-order chi connectivity index (χ0) is 21.2. The topological polar surface area (TPSA) is 55.8 Å². The highest BCUT2D eigenvalue weighted by Gasteiger charge is 2.37. The van der Waals surface area contributed by atoms with Gasteiger partial charge in [-0.05, 0) is 56.4 Å². The zero-order valence-corrected chi connectivity index (χ0v) is 18.9. The van der Waals surface area contributed by atoms with Crippen LogP contribution in [0.5, 0.6) is 5.75 Å². The molecule has 0 aromatic heterocycles. The second-order valence-electron chi connectivity index (χ2n) is 9.44. The van der Waals surface area contributed by atoms with Crippen molar-refractivity contribution in [2.24, 2.45) is 17.8 Å². The first-order valence-electron chi connectivity index (χ1n) is 11.1. The van der Waals surface area contributed by atoms with Crippen molar-refractivity contribution in [2.45, 2.75) is 90.4 Å². The van der Waals surface area contributed by atoms with Crippen molar-refractivity contribution in [3.63, 3.8) is 0 Å². The molecule has 0 radical (unpaired) electrons. The number of carbonyl (C=O) groups is 1. The molecule has 0 bridgehead atoms. The third kappa shape index (κ3) is 5.27. The second kappa shape index (κ2) is 9.26. The summed E-state index contributed by atoms with van der Waals surface area (Å²) in [6, 6.07) is 5.38. The normalized spacial score (nSPS) is 27.6. The Morgan fingerprint density at radius 3 is 2.55 bits per heavy atom. The van der Waals surface area contributed by atoms with Gasteiger partial charge in [0, 0.05) is 18.4 Å². The van der Waals surface area contributed by atoms with E-state index in [9.17, 15) is 9.90 Å². The Hall–Kier alpha value is -1.26. The van der Waals surface area contributed by atoms with Crippen LogP contribution in [0, 0.1) is 17.8 Å². The standard InChI is InChI=1S/C24H35ClO4/c1-15(2)18-11-10-16(3)14-21(18)28-23(26)17(4)19-8-7-9-20(25)22(19)29-24(27)12-5-6-13-24/h7-9,15-18,21,27H,5-6,10-14H2,1-4H3/t16-,17+,18+,21-/m0/s1. The van der Waals surface area contributed by atoms with E-state index >= 15 is 0 Å². The molecule has 5 heteroatoms. The maximum Gasteiger partial charge on any atom is 0.313 e. The van der Waals surface area contributed by atoms with Crippen molar-refractivity contribution in [3.8, 4) is 5.75 Å². The summed E-state index contributed by atoms with van der Waals surface area (Å²) in [5.74, 6) is -0.113. The van der Waals surface area contributed by atoms with Gasteiger partial charge in [0.2, 0.25) is 5.79 Å². The van der Waals surface area contributed by atoms with Gasteiger partial charge in [-0.2, -0.15) is 0 Å². The molecule has 0 unspecified atom stereocenters. The number of rotatable bonds is 6. The molecular formula is C24H35ClO4. The quantitative estimate of drug-likeness (QED) is 0.445. The summed E-state index contributed by atoms with van der Waals surface area (Å²) < 4.78 is 12.0. The molecule has 2 fully saturated rings. The maximum atomic E-state index is 13.1. The lowest BCUT2D eigenvalue weighted by molar-refractivity contribution is -0.158. The van der Waals surface area contributed by atoms with Gasteiger partial charge in [-0.1, -0.05) is 50.9 Å². The predicted molar refractivity (Wildman–Crippen MR) is 115 cm³/mol. The van der Waals surface area contributed by atoms with E-state index in [1.54, 1.807) is 6.07 Å². The van der Waals surface area contributed by atoms with Crippen LogP contribution in [-0.2, 0) is 9.53 Å². The summed E-state index contributed by atoms with van der Waals surface area (Å²) in [5.41, 5.74) is 0.674. The number of esters is 1. The number of halogens is 1. The van der Waals surface area contributed by atoms with E-state index < -0.39 is 11.7 Å². The summed E-state index contributed by atoms with van der Waals surface area (Å²) >= 11 is 6.41. The van der Waals surface area contributed by atoms with Crippen LogP contribution < -0.4 is 4.74 Å². The molecule has 1 aromatic rings. The van der Waals surface area contributed by atoms with Gasteiger partial charge in [-0.15, -0.1) is 0 Å². The minimum atomic E-state index is -1.20. The number of hydrogen-bond donors (Lipinski definition) is 1. The Kier molecular flexibility index (Phi) is 7.16. The third-order valence-electron chi connectivity index (χ3n) is 6.72. The van der Waals surface area contributed by atoms with E-state index in [4.69, 9.17) is 21.1 Å². The number of aliphatic hydroxyl groups is 1. The number of carbonyl (C=O) groups excluding carboxylic acids is 1. The van der Waals surface area contributed by atoms with Gasteiger partial charge in [0.1, 0.15) is 11.9 Å². The van der Waals surface area contributed by atoms with Crippen molar-refractivity contribution < 1.29 is 19.4 Å². The molecule has 0 aliphatic heterocycles. The average molecular weight is 423 g/mol. The average Bonchev–Trinajstić information content (AvgIpc) is 3.09. The molecule has 29 heavy (non-hydrogen) atoms. The molecule has 2 saturated carbocycles. The van der Waals surface area contributed by atoms with Gasteiger partial charge in [-0.25, -0.2) is 0 Å². The Morgan fingerprint density at radius 2 is 1.90 bits per heavy atom. The fourth-order valence-corrected chi connectivity index (χ4v) is 5.04. The molecule has 4 nitrogen and oxygen atoms in total. The number of ether oxygens (including phenoxy) is 2. The molecule has 0 amide bonds.